The minimum Gasteiger partial charge on any atom is -0.494 e. The van der Waals surface area contributed by atoms with Crippen LogP contribution < -0.4 is 10.5 Å². The van der Waals surface area contributed by atoms with Crippen LogP contribution in [0.5, 0.6) is 5.75 Å². The quantitative estimate of drug-likeness (QED) is 0.791. The summed E-state index contributed by atoms with van der Waals surface area (Å²) in [5, 5.41) is 0. The molecule has 2 N–H and O–H groups in total. The average Bonchev–Trinajstić information content (AvgIpc) is 2.99. The van der Waals surface area contributed by atoms with Gasteiger partial charge >= 0.3 is 0 Å². The van der Waals surface area contributed by atoms with E-state index in [0.29, 0.717) is 11.8 Å². The Morgan fingerprint density at radius 3 is 2.57 bits per heavy atom. The Labute approximate surface area is 85.1 Å². The molecule has 2 heteroatoms. The minimum atomic E-state index is 0.704. The molecule has 0 unspecified atom stereocenters. The summed E-state index contributed by atoms with van der Waals surface area (Å²) in [6.07, 6.45) is 1.25. The fourth-order valence-electron chi connectivity index (χ4n) is 1.89. The standard InChI is InChI=1S/C12H17NO/c1-2-14-11-5-3-9(4-6-11)12-7-10(12)8-13/h3-6,10,12H,2,7-8,13H2,1H3/t10-,12-/m0/s1. The smallest absolute Gasteiger partial charge is 0.119 e. The zero-order valence-electron chi connectivity index (χ0n) is 8.57. The molecule has 0 aliphatic heterocycles. The van der Waals surface area contributed by atoms with Crippen molar-refractivity contribution >= 4 is 0 Å². The summed E-state index contributed by atoms with van der Waals surface area (Å²) < 4.78 is 5.39. The van der Waals surface area contributed by atoms with Gasteiger partial charge in [-0.25, -0.2) is 0 Å². The van der Waals surface area contributed by atoms with E-state index in [0.717, 1.165) is 18.9 Å². The first kappa shape index (κ1) is 9.53. The van der Waals surface area contributed by atoms with Crippen molar-refractivity contribution in [2.45, 2.75) is 19.3 Å². The molecular weight excluding hydrogens is 174 g/mol. The molecule has 1 fully saturated rings. The van der Waals surface area contributed by atoms with E-state index in [1.807, 2.05) is 19.1 Å². The number of hydrogen-bond donors (Lipinski definition) is 1. The maximum Gasteiger partial charge on any atom is 0.119 e. The van der Waals surface area contributed by atoms with E-state index < -0.39 is 0 Å². The van der Waals surface area contributed by atoms with Gasteiger partial charge in [0.2, 0.25) is 0 Å². The summed E-state index contributed by atoms with van der Waals surface area (Å²) >= 11 is 0. The molecule has 1 saturated carbocycles. The normalized spacial score (nSPS) is 24.7. The molecule has 0 bridgehead atoms. The third-order valence-corrected chi connectivity index (χ3v) is 2.84. The van der Waals surface area contributed by atoms with Crippen molar-refractivity contribution in [3.63, 3.8) is 0 Å². The molecule has 0 saturated heterocycles. The first-order chi connectivity index (χ1) is 6.85. The summed E-state index contributed by atoms with van der Waals surface area (Å²) in [7, 11) is 0. The van der Waals surface area contributed by atoms with Crippen LogP contribution in [0.1, 0.15) is 24.8 Å². The molecule has 1 aromatic carbocycles. The first-order valence-electron chi connectivity index (χ1n) is 5.28. The van der Waals surface area contributed by atoms with Gasteiger partial charge in [-0.1, -0.05) is 12.1 Å². The lowest BCUT2D eigenvalue weighted by Gasteiger charge is -2.04. The number of hydrogen-bond acceptors (Lipinski definition) is 2. The molecule has 2 atom stereocenters. The summed E-state index contributed by atoms with van der Waals surface area (Å²) in [4.78, 5) is 0. The van der Waals surface area contributed by atoms with Crippen LogP contribution in [-0.4, -0.2) is 13.2 Å². The number of rotatable bonds is 4. The van der Waals surface area contributed by atoms with Crippen molar-refractivity contribution in [1.82, 2.24) is 0 Å². The SMILES string of the molecule is CCOc1ccc([C@@H]2C[C@H]2CN)cc1. The third kappa shape index (κ3) is 1.90. The Morgan fingerprint density at radius 1 is 1.36 bits per heavy atom. The molecule has 0 spiro atoms. The molecule has 0 aromatic heterocycles. The van der Waals surface area contributed by atoms with Crippen molar-refractivity contribution in [1.29, 1.82) is 0 Å². The average molecular weight is 191 g/mol. The van der Waals surface area contributed by atoms with Crippen molar-refractivity contribution in [3.05, 3.63) is 29.8 Å². The van der Waals surface area contributed by atoms with E-state index in [-0.39, 0.29) is 0 Å². The monoisotopic (exact) mass is 191 g/mol. The molecule has 0 amide bonds. The van der Waals surface area contributed by atoms with Gasteiger partial charge in [0.1, 0.15) is 5.75 Å². The van der Waals surface area contributed by atoms with Gasteiger partial charge in [-0.15, -0.1) is 0 Å². The van der Waals surface area contributed by atoms with Crippen molar-refractivity contribution in [2.75, 3.05) is 13.2 Å². The lowest BCUT2D eigenvalue weighted by molar-refractivity contribution is 0.340. The van der Waals surface area contributed by atoms with E-state index in [2.05, 4.69) is 12.1 Å². The van der Waals surface area contributed by atoms with Gasteiger partial charge in [0, 0.05) is 0 Å². The van der Waals surface area contributed by atoms with Gasteiger partial charge in [-0.3, -0.25) is 0 Å². The Kier molecular flexibility index (Phi) is 2.73. The van der Waals surface area contributed by atoms with Crippen LogP contribution in [0.4, 0.5) is 0 Å². The van der Waals surface area contributed by atoms with Crippen molar-refractivity contribution < 1.29 is 4.74 Å². The van der Waals surface area contributed by atoms with E-state index in [4.69, 9.17) is 10.5 Å². The zero-order valence-corrected chi connectivity index (χ0v) is 8.57. The summed E-state index contributed by atoms with van der Waals surface area (Å²) in [5.41, 5.74) is 7.02. The van der Waals surface area contributed by atoms with Crippen LogP contribution >= 0.6 is 0 Å². The molecule has 1 aromatic rings. The van der Waals surface area contributed by atoms with Crippen LogP contribution in [0.25, 0.3) is 0 Å². The largest absolute Gasteiger partial charge is 0.494 e. The van der Waals surface area contributed by atoms with Crippen molar-refractivity contribution in [3.8, 4) is 5.75 Å². The summed E-state index contributed by atoms with van der Waals surface area (Å²) in [6, 6.07) is 8.41. The van der Waals surface area contributed by atoms with E-state index in [1.54, 1.807) is 0 Å². The Hall–Kier alpha value is -1.02. The molecule has 2 nitrogen and oxygen atoms in total. The van der Waals surface area contributed by atoms with Gasteiger partial charge in [0.15, 0.2) is 0 Å². The van der Waals surface area contributed by atoms with Crippen LogP contribution in [-0.2, 0) is 0 Å². The van der Waals surface area contributed by atoms with Crippen LogP contribution in [0.15, 0.2) is 24.3 Å². The zero-order chi connectivity index (χ0) is 9.97. The fraction of sp³-hybridized carbons (Fsp3) is 0.500. The molecule has 1 aliphatic rings. The van der Waals surface area contributed by atoms with E-state index in [1.165, 1.54) is 12.0 Å². The van der Waals surface area contributed by atoms with Gasteiger partial charge < -0.3 is 10.5 Å². The Morgan fingerprint density at radius 2 is 2.07 bits per heavy atom. The highest BCUT2D eigenvalue weighted by atomic mass is 16.5. The highest BCUT2D eigenvalue weighted by molar-refractivity contribution is 5.32. The summed E-state index contributed by atoms with van der Waals surface area (Å²) in [5.74, 6) is 2.38. The second kappa shape index (κ2) is 4.01. The van der Waals surface area contributed by atoms with E-state index in [9.17, 15) is 0 Å². The lowest BCUT2D eigenvalue weighted by atomic mass is 10.1. The predicted molar refractivity (Wildman–Crippen MR) is 57.5 cm³/mol. The highest BCUT2D eigenvalue weighted by Crippen LogP contribution is 2.46. The highest BCUT2D eigenvalue weighted by Gasteiger charge is 2.36. The van der Waals surface area contributed by atoms with Gasteiger partial charge in [-0.2, -0.15) is 0 Å². The van der Waals surface area contributed by atoms with E-state index >= 15 is 0 Å². The van der Waals surface area contributed by atoms with Crippen LogP contribution in [0, 0.1) is 5.92 Å². The molecule has 2 rings (SSSR count). The number of nitrogens with two attached hydrogens (primary N) is 1. The summed E-state index contributed by atoms with van der Waals surface area (Å²) in [6.45, 7) is 3.55. The Bertz CT molecular complexity index is 294. The number of benzene rings is 1. The van der Waals surface area contributed by atoms with Crippen LogP contribution in [0.2, 0.25) is 0 Å². The maximum absolute atomic E-state index is 5.61. The molecular formula is C12H17NO. The van der Waals surface area contributed by atoms with Gasteiger partial charge in [0.25, 0.3) is 0 Å². The second-order valence-electron chi connectivity index (χ2n) is 3.84. The maximum atomic E-state index is 5.61. The van der Waals surface area contributed by atoms with Crippen LogP contribution in [0.3, 0.4) is 0 Å². The van der Waals surface area contributed by atoms with Crippen molar-refractivity contribution in [2.24, 2.45) is 11.7 Å². The third-order valence-electron chi connectivity index (χ3n) is 2.84. The Balaban J connectivity index is 2.00. The number of ether oxygens (including phenoxy) is 1. The lowest BCUT2D eigenvalue weighted by Crippen LogP contribution is -2.01. The molecule has 1 aliphatic carbocycles. The second-order valence-corrected chi connectivity index (χ2v) is 3.84. The minimum absolute atomic E-state index is 0.704. The predicted octanol–water partition coefficient (Wildman–Crippen LogP) is 2.15. The molecule has 0 radical (unpaired) electrons. The molecule has 0 heterocycles. The molecule has 76 valence electrons. The molecule has 14 heavy (non-hydrogen) atoms. The first-order valence-corrected chi connectivity index (χ1v) is 5.28. The fourth-order valence-corrected chi connectivity index (χ4v) is 1.89. The topological polar surface area (TPSA) is 35.2 Å². The van der Waals surface area contributed by atoms with Gasteiger partial charge in [-0.05, 0) is 49.4 Å². The van der Waals surface area contributed by atoms with Gasteiger partial charge in [0.05, 0.1) is 6.61 Å².